The fourth-order valence-electron chi connectivity index (χ4n) is 2.91. The van der Waals surface area contributed by atoms with Crippen LogP contribution < -0.4 is 0 Å². The third-order valence-electron chi connectivity index (χ3n) is 3.94. The van der Waals surface area contributed by atoms with Crippen molar-refractivity contribution in [2.75, 3.05) is 6.61 Å². The molecule has 23 heavy (non-hydrogen) atoms. The number of benzene rings is 2. The first-order valence-corrected chi connectivity index (χ1v) is 7.68. The monoisotopic (exact) mass is 310 g/mol. The molecule has 2 aromatic carbocycles. The first-order chi connectivity index (χ1) is 11.2. The van der Waals surface area contributed by atoms with Gasteiger partial charge in [0.15, 0.2) is 5.78 Å². The van der Waals surface area contributed by atoms with Crippen molar-refractivity contribution in [1.29, 1.82) is 0 Å². The molecule has 0 spiro atoms. The summed E-state index contributed by atoms with van der Waals surface area (Å²) >= 11 is 0. The Hall–Kier alpha value is -2.46. The Balaban J connectivity index is 1.98. The summed E-state index contributed by atoms with van der Waals surface area (Å²) < 4.78 is 10.8. The van der Waals surface area contributed by atoms with Crippen LogP contribution in [0.4, 0.5) is 0 Å². The molecule has 4 nitrogen and oxygen atoms in total. The van der Waals surface area contributed by atoms with E-state index in [1.54, 1.807) is 6.92 Å². The largest absolute Gasteiger partial charge is 0.464 e. The normalized spacial score (nSPS) is 23.7. The van der Waals surface area contributed by atoms with Crippen LogP contribution in [0.25, 0.3) is 0 Å². The third-order valence-corrected chi connectivity index (χ3v) is 3.94. The van der Waals surface area contributed by atoms with Gasteiger partial charge >= 0.3 is 5.97 Å². The Labute approximate surface area is 135 Å². The summed E-state index contributed by atoms with van der Waals surface area (Å²) in [6.45, 7) is 1.93. The number of hydrogen-bond acceptors (Lipinski definition) is 4. The molecule has 0 aromatic heterocycles. The minimum Gasteiger partial charge on any atom is -0.464 e. The van der Waals surface area contributed by atoms with E-state index in [4.69, 9.17) is 9.47 Å². The molecule has 3 atom stereocenters. The quantitative estimate of drug-likeness (QED) is 0.643. The molecular weight excluding hydrogens is 292 g/mol. The van der Waals surface area contributed by atoms with Gasteiger partial charge in [0, 0.05) is 0 Å². The zero-order chi connectivity index (χ0) is 16.2. The minimum atomic E-state index is -1.16. The SMILES string of the molecule is CCOC(=O)[C@H]1O[C@H](c2ccccc2)[C@@H](c2ccccc2)C1=O. The lowest BCUT2D eigenvalue weighted by Gasteiger charge is -2.17. The second-order valence-corrected chi connectivity index (χ2v) is 5.39. The number of carbonyl (C=O) groups excluding carboxylic acids is 2. The van der Waals surface area contributed by atoms with Crippen molar-refractivity contribution in [3.63, 3.8) is 0 Å². The zero-order valence-electron chi connectivity index (χ0n) is 12.8. The maximum atomic E-state index is 12.8. The zero-order valence-corrected chi connectivity index (χ0v) is 12.8. The molecular formula is C19H18O4. The van der Waals surface area contributed by atoms with Gasteiger partial charge in [0.2, 0.25) is 6.10 Å². The Morgan fingerprint density at radius 3 is 2.13 bits per heavy atom. The van der Waals surface area contributed by atoms with E-state index in [0.29, 0.717) is 0 Å². The number of hydrogen-bond donors (Lipinski definition) is 0. The van der Waals surface area contributed by atoms with Crippen molar-refractivity contribution in [3.8, 4) is 0 Å². The Kier molecular flexibility index (Phi) is 4.53. The van der Waals surface area contributed by atoms with E-state index >= 15 is 0 Å². The lowest BCUT2D eigenvalue weighted by atomic mass is 9.87. The van der Waals surface area contributed by atoms with Crippen LogP contribution >= 0.6 is 0 Å². The molecule has 0 N–H and O–H groups in total. The molecule has 1 aliphatic heterocycles. The standard InChI is InChI=1S/C19H18O4/c1-2-22-19(21)18-16(20)15(13-9-5-3-6-10-13)17(23-18)14-11-7-4-8-12-14/h3-12,15,17-18H,2H2,1H3/t15-,17+,18-/m0/s1. The molecule has 4 heteroatoms. The van der Waals surface area contributed by atoms with Crippen molar-refractivity contribution >= 4 is 11.8 Å². The average molecular weight is 310 g/mol. The number of carbonyl (C=O) groups is 2. The molecule has 0 bridgehead atoms. The van der Waals surface area contributed by atoms with Crippen molar-refractivity contribution in [2.24, 2.45) is 0 Å². The van der Waals surface area contributed by atoms with Gasteiger partial charge in [-0.25, -0.2) is 4.79 Å². The third kappa shape index (κ3) is 3.03. The van der Waals surface area contributed by atoms with Crippen LogP contribution in [0.1, 0.15) is 30.1 Å². The van der Waals surface area contributed by atoms with Gasteiger partial charge in [-0.05, 0) is 18.1 Å². The van der Waals surface area contributed by atoms with Gasteiger partial charge in [-0.1, -0.05) is 60.7 Å². The van der Waals surface area contributed by atoms with Crippen LogP contribution in [0.5, 0.6) is 0 Å². The highest BCUT2D eigenvalue weighted by atomic mass is 16.6. The second kappa shape index (κ2) is 6.75. The van der Waals surface area contributed by atoms with E-state index in [9.17, 15) is 9.59 Å². The Bertz CT molecular complexity index is 681. The summed E-state index contributed by atoms with van der Waals surface area (Å²) in [6.07, 6.45) is -1.65. The number of rotatable bonds is 4. The van der Waals surface area contributed by atoms with Crippen LogP contribution in [-0.2, 0) is 19.1 Å². The van der Waals surface area contributed by atoms with Gasteiger partial charge in [-0.3, -0.25) is 4.79 Å². The topological polar surface area (TPSA) is 52.6 Å². The van der Waals surface area contributed by atoms with Crippen LogP contribution in [0.15, 0.2) is 60.7 Å². The summed E-state index contributed by atoms with van der Waals surface area (Å²) in [7, 11) is 0. The molecule has 0 aliphatic carbocycles. The fraction of sp³-hybridized carbons (Fsp3) is 0.263. The molecule has 0 saturated carbocycles. The molecule has 118 valence electrons. The highest BCUT2D eigenvalue weighted by Crippen LogP contribution is 2.42. The van der Waals surface area contributed by atoms with Crippen LogP contribution in [0, 0.1) is 0 Å². The van der Waals surface area contributed by atoms with Crippen molar-refractivity contribution in [1.82, 2.24) is 0 Å². The van der Waals surface area contributed by atoms with Gasteiger partial charge in [0.05, 0.1) is 18.6 Å². The highest BCUT2D eigenvalue weighted by Gasteiger charge is 2.48. The predicted octanol–water partition coefficient (Wildman–Crippen LogP) is 3.04. The smallest absolute Gasteiger partial charge is 0.343 e. The molecule has 0 amide bonds. The molecule has 0 unspecified atom stereocenters. The lowest BCUT2D eigenvalue weighted by molar-refractivity contribution is -0.158. The summed E-state index contributed by atoms with van der Waals surface area (Å²) in [6, 6.07) is 18.9. The van der Waals surface area contributed by atoms with Crippen LogP contribution in [-0.4, -0.2) is 24.5 Å². The first-order valence-electron chi connectivity index (χ1n) is 7.68. The fourth-order valence-corrected chi connectivity index (χ4v) is 2.91. The highest BCUT2D eigenvalue weighted by molar-refractivity contribution is 6.07. The number of Topliss-reactive ketones (excluding diaryl/α,β-unsaturated/α-hetero) is 1. The molecule has 1 aliphatic rings. The molecule has 1 heterocycles. The van der Waals surface area contributed by atoms with Crippen LogP contribution in [0.2, 0.25) is 0 Å². The van der Waals surface area contributed by atoms with E-state index in [0.717, 1.165) is 11.1 Å². The number of ether oxygens (including phenoxy) is 2. The van der Waals surface area contributed by atoms with Crippen molar-refractivity contribution < 1.29 is 19.1 Å². The predicted molar refractivity (Wildman–Crippen MR) is 84.9 cm³/mol. The molecule has 3 rings (SSSR count). The van der Waals surface area contributed by atoms with Gasteiger partial charge in [-0.2, -0.15) is 0 Å². The number of esters is 1. The molecule has 1 saturated heterocycles. The Morgan fingerprint density at radius 2 is 1.57 bits per heavy atom. The van der Waals surface area contributed by atoms with Gasteiger partial charge < -0.3 is 9.47 Å². The van der Waals surface area contributed by atoms with E-state index < -0.39 is 24.1 Å². The molecule has 2 aromatic rings. The van der Waals surface area contributed by atoms with E-state index in [-0.39, 0.29) is 12.4 Å². The van der Waals surface area contributed by atoms with Crippen molar-refractivity contribution in [3.05, 3.63) is 71.8 Å². The second-order valence-electron chi connectivity index (χ2n) is 5.39. The first kappa shape index (κ1) is 15.4. The Morgan fingerprint density at radius 1 is 1.00 bits per heavy atom. The van der Waals surface area contributed by atoms with Gasteiger partial charge in [0.1, 0.15) is 0 Å². The van der Waals surface area contributed by atoms with Crippen molar-refractivity contribution in [2.45, 2.75) is 25.0 Å². The minimum absolute atomic E-state index is 0.220. The summed E-state index contributed by atoms with van der Waals surface area (Å²) in [5, 5.41) is 0. The van der Waals surface area contributed by atoms with E-state index in [2.05, 4.69) is 0 Å². The van der Waals surface area contributed by atoms with E-state index in [1.165, 1.54) is 0 Å². The van der Waals surface area contributed by atoms with Gasteiger partial charge in [0.25, 0.3) is 0 Å². The lowest BCUT2D eigenvalue weighted by Crippen LogP contribution is -2.30. The summed E-state index contributed by atoms with van der Waals surface area (Å²) in [5.74, 6) is -1.37. The van der Waals surface area contributed by atoms with Gasteiger partial charge in [-0.15, -0.1) is 0 Å². The maximum Gasteiger partial charge on any atom is 0.343 e. The summed E-state index contributed by atoms with van der Waals surface area (Å²) in [4.78, 5) is 24.8. The van der Waals surface area contributed by atoms with Crippen LogP contribution in [0.3, 0.4) is 0 Å². The molecule has 1 fully saturated rings. The van der Waals surface area contributed by atoms with E-state index in [1.807, 2.05) is 60.7 Å². The maximum absolute atomic E-state index is 12.8. The number of ketones is 1. The average Bonchev–Trinajstić information content (AvgIpc) is 2.94. The molecule has 0 radical (unpaired) electrons. The summed E-state index contributed by atoms with van der Waals surface area (Å²) in [5.41, 5.74) is 1.72.